The van der Waals surface area contributed by atoms with Gasteiger partial charge in [-0.1, -0.05) is 24.3 Å². The maximum absolute atomic E-state index is 12.5. The lowest BCUT2D eigenvalue weighted by Crippen LogP contribution is -2.15. The van der Waals surface area contributed by atoms with Crippen molar-refractivity contribution < 1.29 is 14.3 Å². The van der Waals surface area contributed by atoms with Crippen molar-refractivity contribution in [1.82, 2.24) is 0 Å². The first-order valence-electron chi connectivity index (χ1n) is 9.50. The highest BCUT2D eigenvalue weighted by Gasteiger charge is 2.09. The van der Waals surface area contributed by atoms with E-state index in [0.29, 0.717) is 17.0 Å². The summed E-state index contributed by atoms with van der Waals surface area (Å²) >= 11 is 1.42. The van der Waals surface area contributed by atoms with E-state index in [4.69, 9.17) is 4.74 Å². The fourth-order valence-corrected chi connectivity index (χ4v) is 3.59. The fourth-order valence-electron chi connectivity index (χ4n) is 2.84. The third-order valence-corrected chi connectivity index (χ3v) is 5.45. The molecule has 30 heavy (non-hydrogen) atoms. The van der Waals surface area contributed by atoms with Crippen LogP contribution < -0.4 is 15.4 Å². The van der Waals surface area contributed by atoms with E-state index in [1.165, 1.54) is 11.8 Å². The van der Waals surface area contributed by atoms with Crippen molar-refractivity contribution in [3.63, 3.8) is 0 Å². The molecule has 0 unspecified atom stereocenters. The Morgan fingerprint density at radius 2 is 1.73 bits per heavy atom. The van der Waals surface area contributed by atoms with Gasteiger partial charge in [-0.3, -0.25) is 9.59 Å². The van der Waals surface area contributed by atoms with Gasteiger partial charge in [0.15, 0.2) is 0 Å². The minimum atomic E-state index is -0.219. The van der Waals surface area contributed by atoms with Crippen LogP contribution in [0.25, 0.3) is 0 Å². The molecule has 0 bridgehead atoms. The van der Waals surface area contributed by atoms with E-state index in [0.717, 1.165) is 21.7 Å². The van der Waals surface area contributed by atoms with E-state index in [1.54, 1.807) is 31.4 Å². The lowest BCUT2D eigenvalue weighted by atomic mass is 10.1. The Kier molecular flexibility index (Phi) is 7.14. The van der Waals surface area contributed by atoms with Crippen molar-refractivity contribution >= 4 is 35.0 Å². The van der Waals surface area contributed by atoms with Crippen molar-refractivity contribution in [2.24, 2.45) is 0 Å². The smallest absolute Gasteiger partial charge is 0.255 e. The molecule has 2 N–H and O–H groups in total. The molecule has 0 heterocycles. The molecule has 154 valence electrons. The summed E-state index contributed by atoms with van der Waals surface area (Å²) in [4.78, 5) is 25.7. The Balaban J connectivity index is 1.59. The highest BCUT2D eigenvalue weighted by molar-refractivity contribution is 8.00. The van der Waals surface area contributed by atoms with E-state index < -0.39 is 0 Å². The maximum atomic E-state index is 12.5. The number of carbonyl (C=O) groups excluding carboxylic acids is 2. The number of ether oxygens (including phenoxy) is 1. The summed E-state index contributed by atoms with van der Waals surface area (Å²) in [6.07, 6.45) is 0. The molecule has 6 heteroatoms. The SMILES string of the molecule is COc1cccc(C(=O)Nc2cccc(SCC(=O)Nc3cc(C)ccc3C)c2)c1. The lowest BCUT2D eigenvalue weighted by Gasteiger charge is -2.10. The molecule has 3 rings (SSSR count). The third-order valence-electron chi connectivity index (χ3n) is 4.46. The Labute approximate surface area is 180 Å². The molecule has 0 saturated heterocycles. The molecule has 0 aliphatic carbocycles. The highest BCUT2D eigenvalue weighted by atomic mass is 32.2. The molecule has 0 radical (unpaired) electrons. The van der Waals surface area contributed by atoms with Gasteiger partial charge < -0.3 is 15.4 Å². The van der Waals surface area contributed by atoms with Crippen LogP contribution in [0.5, 0.6) is 5.75 Å². The van der Waals surface area contributed by atoms with Crippen molar-refractivity contribution in [3.05, 3.63) is 83.4 Å². The fraction of sp³-hybridized carbons (Fsp3) is 0.167. The first-order valence-corrected chi connectivity index (χ1v) is 10.5. The summed E-state index contributed by atoms with van der Waals surface area (Å²) in [5, 5.41) is 5.84. The second-order valence-corrected chi connectivity index (χ2v) is 7.92. The second kappa shape index (κ2) is 9.98. The number of nitrogens with one attached hydrogen (secondary N) is 2. The largest absolute Gasteiger partial charge is 0.497 e. The molecule has 0 aromatic heterocycles. The average molecular weight is 421 g/mol. The van der Waals surface area contributed by atoms with E-state index in [-0.39, 0.29) is 17.6 Å². The van der Waals surface area contributed by atoms with Gasteiger partial charge in [-0.15, -0.1) is 11.8 Å². The number of thioether (sulfide) groups is 1. The van der Waals surface area contributed by atoms with Gasteiger partial charge in [0.2, 0.25) is 5.91 Å². The van der Waals surface area contributed by atoms with Crippen LogP contribution in [0.15, 0.2) is 71.6 Å². The molecule has 0 saturated carbocycles. The Bertz CT molecular complexity index is 1070. The first kappa shape index (κ1) is 21.5. The maximum Gasteiger partial charge on any atom is 0.255 e. The summed E-state index contributed by atoms with van der Waals surface area (Å²) in [5.74, 6) is 0.616. The van der Waals surface area contributed by atoms with Crippen LogP contribution in [-0.4, -0.2) is 24.7 Å². The number of carbonyl (C=O) groups is 2. The van der Waals surface area contributed by atoms with E-state index in [2.05, 4.69) is 10.6 Å². The van der Waals surface area contributed by atoms with Gasteiger partial charge >= 0.3 is 0 Å². The zero-order valence-electron chi connectivity index (χ0n) is 17.2. The predicted molar refractivity (Wildman–Crippen MR) is 123 cm³/mol. The zero-order chi connectivity index (χ0) is 21.5. The average Bonchev–Trinajstić information content (AvgIpc) is 2.75. The molecule has 0 aliphatic heterocycles. The second-order valence-electron chi connectivity index (χ2n) is 6.87. The van der Waals surface area contributed by atoms with Gasteiger partial charge in [0.25, 0.3) is 5.91 Å². The molecule has 2 amide bonds. The summed E-state index contributed by atoms with van der Waals surface area (Å²) in [6, 6.07) is 20.4. The molecular formula is C24H24N2O3S. The lowest BCUT2D eigenvalue weighted by molar-refractivity contribution is -0.113. The Morgan fingerprint density at radius 3 is 2.53 bits per heavy atom. The van der Waals surface area contributed by atoms with E-state index >= 15 is 0 Å². The number of anilines is 2. The van der Waals surface area contributed by atoms with Crippen molar-refractivity contribution in [1.29, 1.82) is 0 Å². The number of aryl methyl sites for hydroxylation is 2. The number of benzene rings is 3. The molecule has 3 aromatic rings. The normalized spacial score (nSPS) is 10.4. The van der Waals surface area contributed by atoms with Gasteiger partial charge in [0.05, 0.1) is 12.9 Å². The molecule has 3 aromatic carbocycles. The molecular weight excluding hydrogens is 396 g/mol. The van der Waals surface area contributed by atoms with E-state index in [1.807, 2.05) is 56.3 Å². The van der Waals surface area contributed by atoms with Gasteiger partial charge in [-0.2, -0.15) is 0 Å². The number of amides is 2. The number of rotatable bonds is 7. The molecule has 0 spiro atoms. The van der Waals surface area contributed by atoms with E-state index in [9.17, 15) is 9.59 Å². The molecule has 0 fully saturated rings. The quantitative estimate of drug-likeness (QED) is 0.509. The van der Waals surface area contributed by atoms with Gasteiger partial charge in [0, 0.05) is 21.8 Å². The topological polar surface area (TPSA) is 67.4 Å². The van der Waals surface area contributed by atoms with Crippen molar-refractivity contribution in [3.8, 4) is 5.75 Å². The number of methoxy groups -OCH3 is 1. The van der Waals surface area contributed by atoms with Gasteiger partial charge in [-0.25, -0.2) is 0 Å². The van der Waals surface area contributed by atoms with Crippen LogP contribution >= 0.6 is 11.8 Å². The number of hydrogen-bond acceptors (Lipinski definition) is 4. The zero-order valence-corrected chi connectivity index (χ0v) is 18.0. The summed E-state index contributed by atoms with van der Waals surface area (Å²) in [6.45, 7) is 3.96. The van der Waals surface area contributed by atoms with Crippen LogP contribution in [0.2, 0.25) is 0 Å². The van der Waals surface area contributed by atoms with Crippen LogP contribution in [0.1, 0.15) is 21.5 Å². The van der Waals surface area contributed by atoms with Crippen LogP contribution in [0.3, 0.4) is 0 Å². The Morgan fingerprint density at radius 1 is 0.933 bits per heavy atom. The summed E-state index contributed by atoms with van der Waals surface area (Å²) < 4.78 is 5.16. The predicted octanol–water partition coefficient (Wildman–Crippen LogP) is 5.30. The molecule has 5 nitrogen and oxygen atoms in total. The Hall–Kier alpha value is -3.25. The minimum Gasteiger partial charge on any atom is -0.497 e. The summed E-state index contributed by atoms with van der Waals surface area (Å²) in [7, 11) is 1.56. The molecule has 0 atom stereocenters. The monoisotopic (exact) mass is 420 g/mol. The van der Waals surface area contributed by atoms with Crippen molar-refractivity contribution in [2.45, 2.75) is 18.7 Å². The standard InChI is InChI=1S/C24H24N2O3S/c1-16-10-11-17(2)22(12-16)26-23(27)15-30-21-9-5-7-19(14-21)25-24(28)18-6-4-8-20(13-18)29-3/h4-14H,15H2,1-3H3,(H,25,28)(H,26,27). The summed E-state index contributed by atoms with van der Waals surface area (Å²) in [5.41, 5.74) is 4.15. The number of hydrogen-bond donors (Lipinski definition) is 2. The van der Waals surface area contributed by atoms with Gasteiger partial charge in [-0.05, 0) is 67.4 Å². The van der Waals surface area contributed by atoms with Crippen LogP contribution in [0, 0.1) is 13.8 Å². The van der Waals surface area contributed by atoms with Gasteiger partial charge in [0.1, 0.15) is 5.75 Å². The third kappa shape index (κ3) is 5.87. The van der Waals surface area contributed by atoms with Crippen molar-refractivity contribution in [2.75, 3.05) is 23.5 Å². The highest BCUT2D eigenvalue weighted by Crippen LogP contribution is 2.23. The first-order chi connectivity index (χ1) is 14.4. The minimum absolute atomic E-state index is 0.0699. The van der Waals surface area contributed by atoms with Crippen LogP contribution in [-0.2, 0) is 4.79 Å². The van der Waals surface area contributed by atoms with Crippen LogP contribution in [0.4, 0.5) is 11.4 Å². The molecule has 0 aliphatic rings.